The first-order valence-electron chi connectivity index (χ1n) is 9.40. The van der Waals surface area contributed by atoms with E-state index in [-0.39, 0.29) is 28.6 Å². The van der Waals surface area contributed by atoms with Crippen LogP contribution in [0.15, 0.2) is 16.7 Å². The van der Waals surface area contributed by atoms with Crippen molar-refractivity contribution in [1.82, 2.24) is 9.80 Å². The minimum Gasteiger partial charge on any atom is -0.478 e. The molecule has 2 amide bonds. The molecule has 1 aliphatic carbocycles. The van der Waals surface area contributed by atoms with Crippen LogP contribution in [-0.2, 0) is 4.79 Å². The highest BCUT2D eigenvalue weighted by molar-refractivity contribution is 5.95. The van der Waals surface area contributed by atoms with Gasteiger partial charge in [-0.05, 0) is 43.9 Å². The van der Waals surface area contributed by atoms with E-state index in [1.807, 2.05) is 4.90 Å². The lowest BCUT2D eigenvalue weighted by atomic mass is 9.90. The molecule has 1 spiro atoms. The first-order valence-corrected chi connectivity index (χ1v) is 9.40. The molecular formula is C19H24N2O5. The Labute approximate surface area is 151 Å². The molecule has 0 bridgehead atoms. The number of nitrogens with zero attached hydrogens (tertiary/aromatic N) is 2. The first kappa shape index (κ1) is 17.1. The number of aromatic carboxylic acids is 1. The third-order valence-electron chi connectivity index (χ3n) is 6.26. The van der Waals surface area contributed by atoms with Crippen molar-refractivity contribution in [2.75, 3.05) is 26.2 Å². The smallest absolute Gasteiger partial charge is 0.338 e. The Kier molecular flexibility index (Phi) is 4.25. The van der Waals surface area contributed by atoms with Crippen molar-refractivity contribution in [3.05, 3.63) is 23.7 Å². The number of carboxylic acid groups (broad SMARTS) is 1. The number of rotatable bonds is 3. The summed E-state index contributed by atoms with van der Waals surface area (Å²) in [4.78, 5) is 39.9. The molecule has 0 aromatic carbocycles. The number of carbonyl (C=O) groups excluding carboxylic acids is 2. The number of piperidine rings is 2. The second-order valence-electron chi connectivity index (χ2n) is 7.80. The van der Waals surface area contributed by atoms with Gasteiger partial charge in [0.25, 0.3) is 5.91 Å². The first-order chi connectivity index (χ1) is 12.5. The van der Waals surface area contributed by atoms with E-state index in [1.54, 1.807) is 4.90 Å². The van der Waals surface area contributed by atoms with Gasteiger partial charge in [-0.25, -0.2) is 4.79 Å². The van der Waals surface area contributed by atoms with E-state index in [9.17, 15) is 14.4 Å². The minimum absolute atomic E-state index is 0.0174. The van der Waals surface area contributed by atoms with Crippen LogP contribution in [0.5, 0.6) is 0 Å². The maximum Gasteiger partial charge on any atom is 0.338 e. The SMILES string of the molecule is O=C(O)c1coc(C(=O)N2CCC3(CC2)CC3C(=O)N2CCCCC2)c1. The second-order valence-corrected chi connectivity index (χ2v) is 7.80. The molecule has 1 atom stereocenters. The summed E-state index contributed by atoms with van der Waals surface area (Å²) >= 11 is 0. The standard InChI is InChI=1S/C19H24N2O5/c22-16(20-6-2-1-3-7-20)14-11-19(14)4-8-21(9-5-19)17(23)15-10-13(12-26-15)18(24)25/h10,12,14H,1-9,11H2,(H,24,25). The number of carboxylic acids is 1. The molecule has 140 valence electrons. The predicted octanol–water partition coefficient (Wildman–Crippen LogP) is 2.23. The van der Waals surface area contributed by atoms with Crippen molar-refractivity contribution < 1.29 is 23.9 Å². The average molecular weight is 360 g/mol. The Morgan fingerprint density at radius 2 is 1.73 bits per heavy atom. The quantitative estimate of drug-likeness (QED) is 0.892. The van der Waals surface area contributed by atoms with Crippen molar-refractivity contribution in [2.45, 2.75) is 38.5 Å². The summed E-state index contributed by atoms with van der Waals surface area (Å²) in [6.45, 7) is 2.96. The second kappa shape index (κ2) is 6.45. The van der Waals surface area contributed by atoms with Crippen LogP contribution in [0.4, 0.5) is 0 Å². The van der Waals surface area contributed by atoms with Gasteiger partial charge in [0, 0.05) is 38.2 Å². The van der Waals surface area contributed by atoms with E-state index < -0.39 is 5.97 Å². The van der Waals surface area contributed by atoms with E-state index in [0.29, 0.717) is 19.0 Å². The fourth-order valence-electron chi connectivity index (χ4n) is 4.46. The van der Waals surface area contributed by atoms with E-state index in [4.69, 9.17) is 9.52 Å². The van der Waals surface area contributed by atoms with Crippen LogP contribution in [0.1, 0.15) is 59.4 Å². The molecule has 26 heavy (non-hydrogen) atoms. The lowest BCUT2D eigenvalue weighted by Gasteiger charge is -2.33. The Balaban J connectivity index is 1.33. The molecule has 0 radical (unpaired) electrons. The van der Waals surface area contributed by atoms with Crippen LogP contribution in [0.2, 0.25) is 0 Å². The molecule has 7 heteroatoms. The van der Waals surface area contributed by atoms with Crippen molar-refractivity contribution in [3.63, 3.8) is 0 Å². The van der Waals surface area contributed by atoms with Gasteiger partial charge in [-0.2, -0.15) is 0 Å². The number of hydrogen-bond acceptors (Lipinski definition) is 4. The zero-order valence-electron chi connectivity index (χ0n) is 14.8. The zero-order chi connectivity index (χ0) is 18.3. The fraction of sp³-hybridized carbons (Fsp3) is 0.632. The molecule has 1 N–H and O–H groups in total. The van der Waals surface area contributed by atoms with Crippen LogP contribution in [0, 0.1) is 11.3 Å². The molecule has 3 fully saturated rings. The van der Waals surface area contributed by atoms with Crippen LogP contribution < -0.4 is 0 Å². The Hall–Kier alpha value is -2.31. The summed E-state index contributed by atoms with van der Waals surface area (Å²) in [5, 5.41) is 8.93. The van der Waals surface area contributed by atoms with E-state index in [2.05, 4.69) is 0 Å². The van der Waals surface area contributed by atoms with Crippen LogP contribution in [-0.4, -0.2) is 58.9 Å². The number of likely N-dealkylation sites (tertiary alicyclic amines) is 2. The zero-order valence-corrected chi connectivity index (χ0v) is 14.8. The number of hydrogen-bond donors (Lipinski definition) is 1. The highest BCUT2D eigenvalue weighted by Gasteiger charge is 2.59. The summed E-state index contributed by atoms with van der Waals surface area (Å²) < 4.78 is 5.11. The van der Waals surface area contributed by atoms with Crippen LogP contribution >= 0.6 is 0 Å². The van der Waals surface area contributed by atoms with Gasteiger partial charge >= 0.3 is 5.97 Å². The lowest BCUT2D eigenvalue weighted by Crippen LogP contribution is -2.42. The van der Waals surface area contributed by atoms with Crippen molar-refractivity contribution >= 4 is 17.8 Å². The molecule has 3 heterocycles. The van der Waals surface area contributed by atoms with Crippen LogP contribution in [0.25, 0.3) is 0 Å². The number of amides is 2. The Morgan fingerprint density at radius 3 is 2.35 bits per heavy atom. The van der Waals surface area contributed by atoms with Gasteiger partial charge in [0.15, 0.2) is 5.76 Å². The van der Waals surface area contributed by atoms with Crippen molar-refractivity contribution in [2.24, 2.45) is 11.3 Å². The summed E-state index contributed by atoms with van der Waals surface area (Å²) in [5.41, 5.74) is 0.0527. The van der Waals surface area contributed by atoms with Gasteiger partial charge in [-0.3, -0.25) is 9.59 Å². The van der Waals surface area contributed by atoms with Gasteiger partial charge in [0.05, 0.1) is 5.56 Å². The molecule has 3 aliphatic rings. The molecule has 1 unspecified atom stereocenters. The van der Waals surface area contributed by atoms with Gasteiger partial charge < -0.3 is 19.3 Å². The van der Waals surface area contributed by atoms with Gasteiger partial charge in [0.2, 0.25) is 5.91 Å². The molecule has 1 aromatic heterocycles. The molecule has 7 nitrogen and oxygen atoms in total. The van der Waals surface area contributed by atoms with Crippen molar-refractivity contribution in [3.8, 4) is 0 Å². The lowest BCUT2D eigenvalue weighted by molar-refractivity contribution is -0.134. The monoisotopic (exact) mass is 360 g/mol. The highest BCUT2D eigenvalue weighted by atomic mass is 16.4. The normalized spacial score (nSPS) is 24.5. The van der Waals surface area contributed by atoms with E-state index in [0.717, 1.165) is 51.5 Å². The summed E-state index contributed by atoms with van der Waals surface area (Å²) in [6.07, 6.45) is 7.12. The van der Waals surface area contributed by atoms with Gasteiger partial charge in [-0.15, -0.1) is 0 Å². The topological polar surface area (TPSA) is 91.1 Å². The predicted molar refractivity (Wildman–Crippen MR) is 91.8 cm³/mol. The van der Waals surface area contributed by atoms with Crippen molar-refractivity contribution in [1.29, 1.82) is 0 Å². The largest absolute Gasteiger partial charge is 0.478 e. The van der Waals surface area contributed by atoms with Gasteiger partial charge in [-0.1, -0.05) is 0 Å². The number of furan rings is 1. The summed E-state index contributed by atoms with van der Waals surface area (Å²) in [5.74, 6) is -0.883. The van der Waals surface area contributed by atoms with Gasteiger partial charge in [0.1, 0.15) is 6.26 Å². The molecule has 2 saturated heterocycles. The third-order valence-corrected chi connectivity index (χ3v) is 6.26. The molecular weight excluding hydrogens is 336 g/mol. The van der Waals surface area contributed by atoms with Crippen LogP contribution in [0.3, 0.4) is 0 Å². The maximum absolute atomic E-state index is 12.7. The minimum atomic E-state index is -1.11. The summed E-state index contributed by atoms with van der Waals surface area (Å²) in [6, 6.07) is 1.27. The van der Waals surface area contributed by atoms with E-state index >= 15 is 0 Å². The summed E-state index contributed by atoms with van der Waals surface area (Å²) in [7, 11) is 0. The third kappa shape index (κ3) is 2.99. The van der Waals surface area contributed by atoms with E-state index in [1.165, 1.54) is 12.5 Å². The highest BCUT2D eigenvalue weighted by Crippen LogP contribution is 2.60. The molecule has 4 rings (SSSR count). The maximum atomic E-state index is 12.7. The Bertz CT molecular complexity index is 726. The Morgan fingerprint density at radius 1 is 1.04 bits per heavy atom. The molecule has 2 aliphatic heterocycles. The fourth-order valence-corrected chi connectivity index (χ4v) is 4.46. The molecule has 1 saturated carbocycles. The molecule has 1 aromatic rings. The average Bonchev–Trinajstić information content (AvgIpc) is 3.13. The number of carbonyl (C=O) groups is 3.